The second kappa shape index (κ2) is 7.25. The van der Waals surface area contributed by atoms with Crippen LogP contribution in [-0.4, -0.2) is 6.54 Å². The quantitative estimate of drug-likeness (QED) is 0.778. The Kier molecular flexibility index (Phi) is 5.37. The third-order valence-electron chi connectivity index (χ3n) is 3.93. The maximum atomic E-state index is 3.37. The van der Waals surface area contributed by atoms with Gasteiger partial charge < -0.3 is 5.32 Å². The Labute approximate surface area is 123 Å². The van der Waals surface area contributed by atoms with E-state index in [2.05, 4.69) is 74.6 Å². The van der Waals surface area contributed by atoms with Crippen molar-refractivity contribution in [3.05, 3.63) is 59.7 Å². The van der Waals surface area contributed by atoms with E-state index in [1.165, 1.54) is 28.7 Å². The molecule has 106 valence electrons. The summed E-state index contributed by atoms with van der Waals surface area (Å²) in [5.74, 6) is 0.643. The van der Waals surface area contributed by atoms with Crippen molar-refractivity contribution in [2.24, 2.45) is 0 Å². The van der Waals surface area contributed by atoms with E-state index in [1.807, 2.05) is 0 Å². The average molecular weight is 267 g/mol. The lowest BCUT2D eigenvalue weighted by molar-refractivity contribution is 0.727. The fourth-order valence-corrected chi connectivity index (χ4v) is 2.37. The fourth-order valence-electron chi connectivity index (χ4n) is 2.37. The van der Waals surface area contributed by atoms with Crippen molar-refractivity contribution in [2.75, 3.05) is 6.54 Å². The maximum absolute atomic E-state index is 3.37. The Morgan fingerprint density at radius 2 is 1.70 bits per heavy atom. The Morgan fingerprint density at radius 1 is 0.950 bits per heavy atom. The monoisotopic (exact) mass is 267 g/mol. The minimum atomic E-state index is 0.643. The molecule has 0 radical (unpaired) electrons. The van der Waals surface area contributed by atoms with E-state index < -0.39 is 0 Å². The highest BCUT2D eigenvalue weighted by molar-refractivity contribution is 5.64. The number of nitrogens with one attached hydrogen (secondary N) is 1. The van der Waals surface area contributed by atoms with E-state index in [9.17, 15) is 0 Å². The van der Waals surface area contributed by atoms with Crippen LogP contribution in [0.3, 0.4) is 0 Å². The SMILES string of the molecule is CCNCc1cccc(-c2ccc(C(C)CC)cc2)c1. The molecule has 1 N–H and O–H groups in total. The van der Waals surface area contributed by atoms with Crippen molar-refractivity contribution in [1.29, 1.82) is 0 Å². The first-order valence-electron chi connectivity index (χ1n) is 7.64. The van der Waals surface area contributed by atoms with Gasteiger partial charge in [-0.2, -0.15) is 0 Å². The smallest absolute Gasteiger partial charge is 0.0205 e. The summed E-state index contributed by atoms with van der Waals surface area (Å²) in [7, 11) is 0. The van der Waals surface area contributed by atoms with Crippen LogP contribution in [0.25, 0.3) is 11.1 Å². The van der Waals surface area contributed by atoms with Gasteiger partial charge in [-0.15, -0.1) is 0 Å². The second-order valence-electron chi connectivity index (χ2n) is 5.41. The molecule has 0 bridgehead atoms. The van der Waals surface area contributed by atoms with Gasteiger partial charge >= 0.3 is 0 Å². The lowest BCUT2D eigenvalue weighted by Gasteiger charge is -2.10. The van der Waals surface area contributed by atoms with E-state index in [4.69, 9.17) is 0 Å². The van der Waals surface area contributed by atoms with Crippen LogP contribution in [0, 0.1) is 0 Å². The molecule has 0 aromatic heterocycles. The van der Waals surface area contributed by atoms with Gasteiger partial charge in [-0.25, -0.2) is 0 Å². The van der Waals surface area contributed by atoms with E-state index >= 15 is 0 Å². The third kappa shape index (κ3) is 3.71. The molecular formula is C19H25N. The molecular weight excluding hydrogens is 242 g/mol. The molecule has 0 saturated carbocycles. The van der Waals surface area contributed by atoms with Crippen molar-refractivity contribution >= 4 is 0 Å². The molecule has 0 saturated heterocycles. The first kappa shape index (κ1) is 14.8. The number of benzene rings is 2. The van der Waals surface area contributed by atoms with Crippen LogP contribution in [0.5, 0.6) is 0 Å². The fraction of sp³-hybridized carbons (Fsp3) is 0.368. The average Bonchev–Trinajstić information content (AvgIpc) is 2.52. The van der Waals surface area contributed by atoms with Crippen LogP contribution < -0.4 is 5.32 Å². The topological polar surface area (TPSA) is 12.0 Å². The van der Waals surface area contributed by atoms with Crippen LogP contribution in [0.1, 0.15) is 44.2 Å². The predicted octanol–water partition coefficient (Wildman–Crippen LogP) is 4.98. The minimum absolute atomic E-state index is 0.643. The third-order valence-corrected chi connectivity index (χ3v) is 3.93. The molecule has 0 heterocycles. The first-order valence-corrected chi connectivity index (χ1v) is 7.64. The zero-order valence-corrected chi connectivity index (χ0v) is 12.8. The maximum Gasteiger partial charge on any atom is 0.0205 e. The highest BCUT2D eigenvalue weighted by Gasteiger charge is 2.04. The van der Waals surface area contributed by atoms with Crippen molar-refractivity contribution in [3.8, 4) is 11.1 Å². The van der Waals surface area contributed by atoms with Gasteiger partial charge in [-0.3, -0.25) is 0 Å². The Balaban J connectivity index is 2.18. The van der Waals surface area contributed by atoms with Gasteiger partial charge in [0.2, 0.25) is 0 Å². The highest BCUT2D eigenvalue weighted by atomic mass is 14.8. The molecule has 2 aromatic carbocycles. The van der Waals surface area contributed by atoms with Crippen LogP contribution in [-0.2, 0) is 6.54 Å². The molecule has 2 aromatic rings. The van der Waals surface area contributed by atoms with E-state index in [0.29, 0.717) is 5.92 Å². The number of rotatable bonds is 6. The van der Waals surface area contributed by atoms with Gasteiger partial charge in [0.15, 0.2) is 0 Å². The van der Waals surface area contributed by atoms with Gasteiger partial charge in [0.25, 0.3) is 0 Å². The zero-order chi connectivity index (χ0) is 14.4. The van der Waals surface area contributed by atoms with Crippen LogP contribution in [0.4, 0.5) is 0 Å². The lowest BCUT2D eigenvalue weighted by Crippen LogP contribution is -2.11. The molecule has 1 atom stereocenters. The van der Waals surface area contributed by atoms with Gasteiger partial charge in [0.05, 0.1) is 0 Å². The largest absolute Gasteiger partial charge is 0.313 e. The van der Waals surface area contributed by atoms with Crippen LogP contribution in [0.2, 0.25) is 0 Å². The van der Waals surface area contributed by atoms with Gasteiger partial charge in [-0.1, -0.05) is 63.2 Å². The molecule has 0 spiro atoms. The van der Waals surface area contributed by atoms with E-state index in [1.54, 1.807) is 0 Å². The summed E-state index contributed by atoms with van der Waals surface area (Å²) in [6, 6.07) is 17.8. The molecule has 0 amide bonds. The van der Waals surface area contributed by atoms with Gasteiger partial charge in [0.1, 0.15) is 0 Å². The molecule has 20 heavy (non-hydrogen) atoms. The summed E-state index contributed by atoms with van der Waals surface area (Å²) in [6.07, 6.45) is 1.19. The normalized spacial score (nSPS) is 12.3. The summed E-state index contributed by atoms with van der Waals surface area (Å²) < 4.78 is 0. The van der Waals surface area contributed by atoms with Crippen molar-refractivity contribution in [3.63, 3.8) is 0 Å². The first-order chi connectivity index (χ1) is 9.74. The Morgan fingerprint density at radius 3 is 2.35 bits per heavy atom. The number of hydrogen-bond acceptors (Lipinski definition) is 1. The van der Waals surface area contributed by atoms with Crippen molar-refractivity contribution < 1.29 is 0 Å². The molecule has 1 nitrogen and oxygen atoms in total. The predicted molar refractivity (Wildman–Crippen MR) is 88.0 cm³/mol. The van der Waals surface area contributed by atoms with E-state index in [0.717, 1.165) is 13.1 Å². The van der Waals surface area contributed by atoms with Crippen molar-refractivity contribution in [2.45, 2.75) is 39.7 Å². The molecule has 2 rings (SSSR count). The number of hydrogen-bond donors (Lipinski definition) is 1. The Bertz CT molecular complexity index is 528. The summed E-state index contributed by atoms with van der Waals surface area (Å²) in [6.45, 7) is 8.61. The summed E-state index contributed by atoms with van der Waals surface area (Å²) in [5.41, 5.74) is 5.38. The summed E-state index contributed by atoms with van der Waals surface area (Å²) in [4.78, 5) is 0. The van der Waals surface area contributed by atoms with Gasteiger partial charge in [0, 0.05) is 6.54 Å². The molecule has 1 unspecified atom stereocenters. The minimum Gasteiger partial charge on any atom is -0.313 e. The summed E-state index contributed by atoms with van der Waals surface area (Å²) >= 11 is 0. The van der Waals surface area contributed by atoms with Crippen LogP contribution >= 0.6 is 0 Å². The Hall–Kier alpha value is -1.60. The molecule has 0 aliphatic carbocycles. The molecule has 0 fully saturated rings. The summed E-state index contributed by atoms with van der Waals surface area (Å²) in [5, 5.41) is 3.37. The zero-order valence-electron chi connectivity index (χ0n) is 12.8. The van der Waals surface area contributed by atoms with Gasteiger partial charge in [-0.05, 0) is 47.2 Å². The van der Waals surface area contributed by atoms with Crippen LogP contribution in [0.15, 0.2) is 48.5 Å². The van der Waals surface area contributed by atoms with Crippen molar-refractivity contribution in [1.82, 2.24) is 5.32 Å². The standard InChI is InChI=1S/C19H25N/c1-4-15(3)17-9-11-18(12-10-17)19-8-6-7-16(13-19)14-20-5-2/h6-13,15,20H,4-5,14H2,1-3H3. The molecule has 1 heteroatoms. The highest BCUT2D eigenvalue weighted by Crippen LogP contribution is 2.24. The lowest BCUT2D eigenvalue weighted by atomic mass is 9.95. The molecule has 0 aliphatic heterocycles. The van der Waals surface area contributed by atoms with E-state index in [-0.39, 0.29) is 0 Å². The molecule has 0 aliphatic rings. The second-order valence-corrected chi connectivity index (χ2v) is 5.41.